The van der Waals surface area contributed by atoms with Crippen LogP contribution >= 0.6 is 15.9 Å². The number of nitrogens with zero attached hydrogens (tertiary/aromatic N) is 3. The Morgan fingerprint density at radius 3 is 2.53 bits per heavy atom. The van der Waals surface area contributed by atoms with Crippen LogP contribution in [0.5, 0.6) is 0 Å². The number of aromatic nitrogens is 2. The third-order valence-corrected chi connectivity index (χ3v) is 6.56. The van der Waals surface area contributed by atoms with Gasteiger partial charge in [0, 0.05) is 41.8 Å². The van der Waals surface area contributed by atoms with Crippen molar-refractivity contribution in [2.45, 2.75) is 63.5 Å². The third kappa shape index (κ3) is 4.94. The molecule has 0 saturated heterocycles. The minimum atomic E-state index is 0.00125. The number of anilines is 2. The molecule has 1 saturated carbocycles. The molecule has 0 radical (unpaired) electrons. The zero-order chi connectivity index (χ0) is 21.1. The van der Waals surface area contributed by atoms with Crippen molar-refractivity contribution in [3.63, 3.8) is 0 Å². The van der Waals surface area contributed by atoms with Crippen LogP contribution in [0.25, 0.3) is 0 Å². The first kappa shape index (κ1) is 21.1. The predicted molar refractivity (Wildman–Crippen MR) is 124 cm³/mol. The quantitative estimate of drug-likeness (QED) is 0.678. The second kappa shape index (κ2) is 9.33. The first-order valence-electron chi connectivity index (χ1n) is 10.9. The monoisotopic (exact) mass is 471 g/mol. The summed E-state index contributed by atoms with van der Waals surface area (Å²) in [6.45, 7) is 0. The van der Waals surface area contributed by atoms with E-state index in [1.54, 1.807) is 0 Å². The lowest BCUT2D eigenvalue weighted by molar-refractivity contribution is 0.0926. The van der Waals surface area contributed by atoms with Crippen molar-refractivity contribution < 1.29 is 4.79 Å². The summed E-state index contributed by atoms with van der Waals surface area (Å²) in [4.78, 5) is 24.3. The maximum absolute atomic E-state index is 12.5. The number of hydrogen-bond donors (Lipinski definition) is 2. The van der Waals surface area contributed by atoms with Crippen LogP contribution < -0.4 is 15.5 Å². The Balaban J connectivity index is 1.35. The Bertz CT molecular complexity index is 908. The molecule has 2 N–H and O–H groups in total. The average molecular weight is 472 g/mol. The van der Waals surface area contributed by atoms with Gasteiger partial charge in [-0.25, -0.2) is 4.98 Å². The van der Waals surface area contributed by atoms with Crippen molar-refractivity contribution >= 4 is 33.6 Å². The van der Waals surface area contributed by atoms with Crippen molar-refractivity contribution in [1.82, 2.24) is 15.3 Å². The molecule has 2 aliphatic rings. The molecule has 160 valence electrons. The number of benzene rings is 1. The van der Waals surface area contributed by atoms with Gasteiger partial charge in [0.2, 0.25) is 5.95 Å². The third-order valence-electron chi connectivity index (χ3n) is 6.07. The zero-order valence-corrected chi connectivity index (χ0v) is 19.3. The van der Waals surface area contributed by atoms with Crippen LogP contribution in [-0.2, 0) is 12.8 Å². The highest BCUT2D eigenvalue weighted by Crippen LogP contribution is 2.29. The first-order chi connectivity index (χ1) is 14.5. The smallest absolute Gasteiger partial charge is 0.251 e. The molecule has 30 heavy (non-hydrogen) atoms. The molecule has 0 bridgehead atoms. The van der Waals surface area contributed by atoms with Crippen LogP contribution in [0.15, 0.2) is 28.7 Å². The lowest BCUT2D eigenvalue weighted by atomic mass is 9.91. The molecular weight excluding hydrogens is 442 g/mol. The fourth-order valence-electron chi connectivity index (χ4n) is 4.47. The van der Waals surface area contributed by atoms with E-state index in [0.717, 1.165) is 54.8 Å². The van der Waals surface area contributed by atoms with Crippen molar-refractivity contribution in [3.8, 4) is 0 Å². The normalized spacial score (nSPS) is 20.9. The molecule has 0 spiro atoms. The summed E-state index contributed by atoms with van der Waals surface area (Å²) < 4.78 is 0.921. The van der Waals surface area contributed by atoms with Crippen molar-refractivity contribution in [2.75, 3.05) is 24.3 Å². The van der Waals surface area contributed by atoms with E-state index < -0.39 is 0 Å². The molecule has 0 atom stereocenters. The number of rotatable bonds is 5. The van der Waals surface area contributed by atoms with Gasteiger partial charge >= 0.3 is 0 Å². The molecule has 1 aromatic carbocycles. The lowest BCUT2D eigenvalue weighted by Gasteiger charge is -2.30. The summed E-state index contributed by atoms with van der Waals surface area (Å²) in [5.41, 5.74) is 3.22. The van der Waals surface area contributed by atoms with E-state index in [9.17, 15) is 4.79 Å². The highest BCUT2D eigenvalue weighted by molar-refractivity contribution is 9.10. The fraction of sp³-hybridized carbons (Fsp3) is 0.522. The molecule has 0 aliphatic heterocycles. The molecule has 4 rings (SSSR count). The Hall–Kier alpha value is -2.15. The standard InChI is InChI=1S/C23H30BrN5O/c1-29(2)21-19-8-3-4-9-20(19)27-23(28-21)26-18-12-10-17(11-13-18)25-22(30)15-6-5-7-16(24)14-15/h5-7,14,17-18H,3-4,8-13H2,1-2H3,(H,25,30)(H,26,27,28). The molecular formula is C23H30BrN5O. The molecule has 1 amide bonds. The summed E-state index contributed by atoms with van der Waals surface area (Å²) in [5.74, 6) is 1.81. The number of hydrogen-bond acceptors (Lipinski definition) is 5. The Kier molecular flexibility index (Phi) is 6.56. The van der Waals surface area contributed by atoms with E-state index in [-0.39, 0.29) is 11.9 Å². The van der Waals surface area contributed by atoms with E-state index in [1.807, 2.05) is 24.3 Å². The van der Waals surface area contributed by atoms with E-state index in [4.69, 9.17) is 9.97 Å². The van der Waals surface area contributed by atoms with Crippen LogP contribution in [0.3, 0.4) is 0 Å². The maximum atomic E-state index is 12.5. The Morgan fingerprint density at radius 1 is 1.07 bits per heavy atom. The predicted octanol–water partition coefficient (Wildman–Crippen LogP) is 4.34. The molecule has 0 unspecified atom stereocenters. The van der Waals surface area contributed by atoms with Gasteiger partial charge in [0.1, 0.15) is 5.82 Å². The molecule has 2 aromatic rings. The SMILES string of the molecule is CN(C)c1nc(NC2CCC(NC(=O)c3cccc(Br)c3)CC2)nc2c1CCCC2. The first-order valence-corrected chi connectivity index (χ1v) is 11.7. The maximum Gasteiger partial charge on any atom is 0.251 e. The second-order valence-corrected chi connectivity index (χ2v) is 9.49. The molecule has 1 fully saturated rings. The van der Waals surface area contributed by atoms with Gasteiger partial charge in [-0.05, 0) is 69.6 Å². The zero-order valence-electron chi connectivity index (χ0n) is 17.7. The molecule has 1 heterocycles. The number of halogens is 1. The highest BCUT2D eigenvalue weighted by atomic mass is 79.9. The van der Waals surface area contributed by atoms with Crippen LogP contribution in [0.4, 0.5) is 11.8 Å². The minimum absolute atomic E-state index is 0.00125. The van der Waals surface area contributed by atoms with Gasteiger partial charge in [-0.3, -0.25) is 4.79 Å². The molecule has 7 heteroatoms. The highest BCUT2D eigenvalue weighted by Gasteiger charge is 2.25. The second-order valence-electron chi connectivity index (χ2n) is 8.57. The molecule has 1 aromatic heterocycles. The Labute approximate surface area is 187 Å². The summed E-state index contributed by atoms with van der Waals surface area (Å²) in [6, 6.07) is 8.09. The van der Waals surface area contributed by atoms with Crippen molar-refractivity contribution in [3.05, 3.63) is 45.6 Å². The van der Waals surface area contributed by atoms with E-state index in [0.29, 0.717) is 11.6 Å². The lowest BCUT2D eigenvalue weighted by Crippen LogP contribution is -2.40. The van der Waals surface area contributed by atoms with Crippen LogP contribution in [-0.4, -0.2) is 42.1 Å². The number of carbonyl (C=O) groups excluding carboxylic acids is 1. The van der Waals surface area contributed by atoms with Gasteiger partial charge in [-0.1, -0.05) is 22.0 Å². The average Bonchev–Trinajstić information content (AvgIpc) is 2.74. The summed E-state index contributed by atoms with van der Waals surface area (Å²) >= 11 is 3.43. The number of fused-ring (bicyclic) bond motifs is 1. The largest absolute Gasteiger partial charge is 0.362 e. The van der Waals surface area contributed by atoms with Gasteiger partial charge in [0.25, 0.3) is 5.91 Å². The van der Waals surface area contributed by atoms with Crippen molar-refractivity contribution in [1.29, 1.82) is 0 Å². The summed E-state index contributed by atoms with van der Waals surface area (Å²) in [5, 5.41) is 6.76. The van der Waals surface area contributed by atoms with Gasteiger partial charge in [0.15, 0.2) is 0 Å². The van der Waals surface area contributed by atoms with E-state index in [1.165, 1.54) is 24.1 Å². The van der Waals surface area contributed by atoms with Crippen LogP contribution in [0.2, 0.25) is 0 Å². The summed E-state index contributed by atoms with van der Waals surface area (Å²) in [6.07, 6.45) is 8.47. The topological polar surface area (TPSA) is 70.2 Å². The van der Waals surface area contributed by atoms with Crippen LogP contribution in [0, 0.1) is 0 Å². The number of carbonyl (C=O) groups is 1. The van der Waals surface area contributed by atoms with Gasteiger partial charge in [-0.15, -0.1) is 0 Å². The van der Waals surface area contributed by atoms with Crippen LogP contribution in [0.1, 0.15) is 60.1 Å². The molecule has 2 aliphatic carbocycles. The number of nitrogens with one attached hydrogen (secondary N) is 2. The summed E-state index contributed by atoms with van der Waals surface area (Å²) in [7, 11) is 4.11. The molecule has 6 nitrogen and oxygen atoms in total. The van der Waals surface area contributed by atoms with E-state index in [2.05, 4.69) is 45.6 Å². The van der Waals surface area contributed by atoms with E-state index >= 15 is 0 Å². The van der Waals surface area contributed by atoms with Gasteiger partial charge in [-0.2, -0.15) is 4.98 Å². The number of aryl methyl sites for hydroxylation is 1. The Morgan fingerprint density at radius 2 is 1.80 bits per heavy atom. The number of amides is 1. The minimum Gasteiger partial charge on any atom is -0.362 e. The fourth-order valence-corrected chi connectivity index (χ4v) is 4.87. The van der Waals surface area contributed by atoms with Gasteiger partial charge < -0.3 is 15.5 Å². The van der Waals surface area contributed by atoms with Gasteiger partial charge in [0.05, 0.1) is 5.69 Å². The van der Waals surface area contributed by atoms with Crippen molar-refractivity contribution in [2.24, 2.45) is 0 Å².